The van der Waals surface area contributed by atoms with E-state index >= 15 is 0 Å². The third kappa shape index (κ3) is 6.62. The summed E-state index contributed by atoms with van der Waals surface area (Å²) < 4.78 is 8.87. The number of carbonyl (C=O) groups excluding carboxylic acids is 2. The maximum absolute atomic E-state index is 13.2. The first kappa shape index (κ1) is 24.8. The van der Waals surface area contributed by atoms with Crippen LogP contribution in [0.4, 0.5) is 5.69 Å². The maximum atomic E-state index is 13.2. The van der Waals surface area contributed by atoms with E-state index in [-0.39, 0.29) is 17.8 Å². The number of hydrogen-bond donors (Lipinski definition) is 1. The van der Waals surface area contributed by atoms with E-state index < -0.39 is 22.7 Å². The summed E-state index contributed by atoms with van der Waals surface area (Å²) in [5.74, 6) is 0.297. The van der Waals surface area contributed by atoms with Gasteiger partial charge in [0.15, 0.2) is 0 Å². The SMILES string of the molecule is COC(=O)c1ccc(NC(=O)C(CCCC[N]2C=C[C](c3ccccc3)=[In]2)C2CCCC2)cc1. The number of benzene rings is 2. The van der Waals surface area contributed by atoms with Gasteiger partial charge in [0, 0.05) is 0 Å². The number of hydrogen-bond acceptors (Lipinski definition) is 4. The van der Waals surface area contributed by atoms with Gasteiger partial charge in [0.2, 0.25) is 0 Å². The molecule has 0 radical (unpaired) electrons. The van der Waals surface area contributed by atoms with Gasteiger partial charge in [-0.2, -0.15) is 0 Å². The van der Waals surface area contributed by atoms with Crippen molar-refractivity contribution in [3.63, 3.8) is 0 Å². The molecule has 1 aliphatic heterocycles. The molecule has 0 spiro atoms. The number of unbranched alkanes of at least 4 members (excludes halogenated alkanes) is 1. The number of nitrogens with zero attached hydrogens (tertiary/aromatic N) is 1. The first-order chi connectivity index (χ1) is 16.6. The van der Waals surface area contributed by atoms with Crippen molar-refractivity contribution in [2.45, 2.75) is 44.9 Å². The first-order valence-electron chi connectivity index (χ1n) is 12.3. The summed E-state index contributed by atoms with van der Waals surface area (Å²) in [7, 11) is 1.37. The Labute approximate surface area is 213 Å². The van der Waals surface area contributed by atoms with E-state index in [0.717, 1.165) is 44.3 Å². The zero-order valence-corrected chi connectivity index (χ0v) is 23.2. The molecule has 0 bridgehead atoms. The molecule has 0 aromatic heterocycles. The predicted octanol–water partition coefficient (Wildman–Crippen LogP) is 5.06. The van der Waals surface area contributed by atoms with Gasteiger partial charge in [0.05, 0.1) is 7.11 Å². The first-order valence-corrected chi connectivity index (χ1v) is 15.5. The van der Waals surface area contributed by atoms with Gasteiger partial charge >= 0.3 is 198 Å². The fourth-order valence-electron chi connectivity index (χ4n) is 5.02. The monoisotopic (exact) mass is 560 g/mol. The summed E-state index contributed by atoms with van der Waals surface area (Å²) in [6.07, 6.45) is 12.5. The van der Waals surface area contributed by atoms with Crippen molar-refractivity contribution in [1.82, 2.24) is 2.89 Å². The topological polar surface area (TPSA) is 58.6 Å². The summed E-state index contributed by atoms with van der Waals surface area (Å²) in [6.45, 7) is 1.10. The van der Waals surface area contributed by atoms with Crippen LogP contribution in [0.2, 0.25) is 0 Å². The van der Waals surface area contributed by atoms with Crippen molar-refractivity contribution in [3.8, 4) is 0 Å². The fourth-order valence-corrected chi connectivity index (χ4v) is 8.89. The second-order valence-corrected chi connectivity index (χ2v) is 13.6. The van der Waals surface area contributed by atoms with E-state index in [0.29, 0.717) is 11.5 Å². The molecule has 5 nitrogen and oxygen atoms in total. The molecule has 1 amide bonds. The summed E-state index contributed by atoms with van der Waals surface area (Å²) in [6, 6.07) is 17.7. The summed E-state index contributed by atoms with van der Waals surface area (Å²) in [5, 5.41) is 3.10. The van der Waals surface area contributed by atoms with E-state index in [1.807, 2.05) is 0 Å². The second kappa shape index (κ2) is 12.4. The average molecular weight is 560 g/mol. The van der Waals surface area contributed by atoms with E-state index in [4.69, 9.17) is 4.74 Å². The molecule has 1 aliphatic carbocycles. The van der Waals surface area contributed by atoms with Gasteiger partial charge in [-0.15, -0.1) is 0 Å². The van der Waals surface area contributed by atoms with Crippen LogP contribution in [-0.2, 0) is 9.53 Å². The zero-order chi connectivity index (χ0) is 23.8. The van der Waals surface area contributed by atoms with Crippen LogP contribution in [-0.4, -0.2) is 54.4 Å². The number of amides is 1. The molecular formula is C28H33InN2O3. The minimum atomic E-state index is -0.938. The van der Waals surface area contributed by atoms with Gasteiger partial charge in [0.1, 0.15) is 0 Å². The average Bonchev–Trinajstić information content (AvgIpc) is 3.57. The van der Waals surface area contributed by atoms with Gasteiger partial charge < -0.3 is 4.74 Å². The van der Waals surface area contributed by atoms with Crippen LogP contribution in [0.25, 0.3) is 0 Å². The summed E-state index contributed by atoms with van der Waals surface area (Å²) >= 11 is -0.938. The number of methoxy groups -OCH3 is 1. The number of allylic oxidation sites excluding steroid dienone is 1. The Morgan fingerprint density at radius 3 is 2.50 bits per heavy atom. The van der Waals surface area contributed by atoms with E-state index in [1.54, 1.807) is 27.5 Å². The standard InChI is InChI=1S/C28H33N2O3.In/c1-33-28(32)24-16-18-25(19-17-24)30-27(31)26(23-13-5-6-14-23)15-7-8-20-29-21-9-12-22-10-3-2-4-11-22;/h2-4,9-11,16-19,21,23,26H,5-8,13-15,20H2,1H3,(H,30,31,32);/q-1;+1. The van der Waals surface area contributed by atoms with Crippen molar-refractivity contribution in [3.05, 3.63) is 78.0 Å². The van der Waals surface area contributed by atoms with Crippen LogP contribution in [0.15, 0.2) is 66.9 Å². The fraction of sp³-hybridized carbons (Fsp3) is 0.393. The number of ether oxygens (including phenoxy) is 1. The number of carbonyl (C=O) groups is 2. The molecular weight excluding hydrogens is 527 g/mol. The van der Waals surface area contributed by atoms with Crippen LogP contribution < -0.4 is 5.32 Å². The minimum absolute atomic E-state index is 0.0603. The van der Waals surface area contributed by atoms with Gasteiger partial charge in [-0.05, 0) is 0 Å². The Hall–Kier alpha value is -2.34. The molecule has 4 rings (SSSR count). The number of rotatable bonds is 10. The van der Waals surface area contributed by atoms with Crippen molar-refractivity contribution in [2.24, 2.45) is 11.8 Å². The summed E-state index contributed by atoms with van der Waals surface area (Å²) in [4.78, 5) is 24.9. The zero-order valence-electron chi connectivity index (χ0n) is 19.9. The van der Waals surface area contributed by atoms with Crippen molar-refractivity contribution >= 4 is 43.5 Å². The Morgan fingerprint density at radius 1 is 1.06 bits per heavy atom. The van der Waals surface area contributed by atoms with Gasteiger partial charge in [-0.25, -0.2) is 4.79 Å². The van der Waals surface area contributed by atoms with Crippen LogP contribution in [0, 0.1) is 11.8 Å². The van der Waals surface area contributed by atoms with Crippen LogP contribution in [0.5, 0.6) is 0 Å². The van der Waals surface area contributed by atoms with Crippen molar-refractivity contribution in [1.29, 1.82) is 0 Å². The Bertz CT molecular complexity index is 1030. The normalized spacial score (nSPS) is 16.1. The number of esters is 1. The number of anilines is 1. The molecule has 1 atom stereocenters. The molecule has 176 valence electrons. The van der Waals surface area contributed by atoms with E-state index in [1.165, 1.54) is 25.5 Å². The Morgan fingerprint density at radius 2 is 1.79 bits per heavy atom. The molecule has 2 aromatic rings. The molecule has 0 saturated heterocycles. The Kier molecular flexibility index (Phi) is 9.03. The second-order valence-electron chi connectivity index (χ2n) is 9.21. The molecule has 1 unspecified atom stereocenters. The van der Waals surface area contributed by atoms with E-state index in [2.05, 4.69) is 50.8 Å². The molecule has 1 N–H and O–H groups in total. The van der Waals surface area contributed by atoms with Gasteiger partial charge in [-0.1, -0.05) is 0 Å². The third-order valence-electron chi connectivity index (χ3n) is 6.92. The van der Waals surface area contributed by atoms with Gasteiger partial charge in [0.25, 0.3) is 0 Å². The molecule has 34 heavy (non-hydrogen) atoms. The quantitative estimate of drug-likeness (QED) is 0.326. The molecule has 1 saturated carbocycles. The van der Waals surface area contributed by atoms with Crippen LogP contribution in [0.3, 0.4) is 0 Å². The number of nitrogens with one attached hydrogen (secondary N) is 1. The van der Waals surface area contributed by atoms with Crippen molar-refractivity contribution < 1.29 is 14.3 Å². The Balaban J connectivity index is 1.29. The molecule has 6 heteroatoms. The van der Waals surface area contributed by atoms with Crippen LogP contribution in [0.1, 0.15) is 60.9 Å². The predicted molar refractivity (Wildman–Crippen MR) is 138 cm³/mol. The third-order valence-corrected chi connectivity index (χ3v) is 11.4. The molecule has 2 aliphatic rings. The van der Waals surface area contributed by atoms with E-state index in [9.17, 15) is 9.59 Å². The molecule has 2 aromatic carbocycles. The van der Waals surface area contributed by atoms with Gasteiger partial charge in [-0.3, -0.25) is 0 Å². The molecule has 1 heterocycles. The summed E-state index contributed by atoms with van der Waals surface area (Å²) in [5.41, 5.74) is 2.60. The van der Waals surface area contributed by atoms with Crippen molar-refractivity contribution in [2.75, 3.05) is 19.0 Å². The van der Waals surface area contributed by atoms with Crippen LogP contribution >= 0.6 is 0 Å². The molecule has 1 fully saturated rings.